The maximum atomic E-state index is 12.6. The van der Waals surface area contributed by atoms with Crippen LogP contribution in [-0.2, 0) is 13.0 Å². The molecule has 2 N–H and O–H groups in total. The highest BCUT2D eigenvalue weighted by Crippen LogP contribution is 2.18. The van der Waals surface area contributed by atoms with Gasteiger partial charge in [0.2, 0.25) is 0 Å². The molecule has 1 fully saturated rings. The lowest BCUT2D eigenvalue weighted by atomic mass is 10.0. The number of carbonyl (C=O) groups excluding carboxylic acids is 1. The molecule has 6 nitrogen and oxygen atoms in total. The molecule has 1 aromatic heterocycles. The second-order valence-electron chi connectivity index (χ2n) is 8.46. The third-order valence-corrected chi connectivity index (χ3v) is 6.07. The molecule has 3 aromatic rings. The quantitative estimate of drug-likeness (QED) is 0.519. The van der Waals surface area contributed by atoms with Crippen molar-refractivity contribution < 1.29 is 9.53 Å². The lowest BCUT2D eigenvalue weighted by Crippen LogP contribution is -2.38. The number of nitrogens with one attached hydrogen (secondary N) is 2. The number of hydrogen-bond donors (Lipinski definition) is 2. The molecule has 2 aromatic carbocycles. The summed E-state index contributed by atoms with van der Waals surface area (Å²) in [7, 11) is 1.65. The number of aromatic nitrogens is 1. The average Bonchev–Trinajstić information content (AvgIpc) is 2.86. The van der Waals surface area contributed by atoms with E-state index in [1.807, 2.05) is 30.3 Å². The second kappa shape index (κ2) is 11.5. The number of ether oxygens (including phenoxy) is 1. The predicted octanol–water partition coefficient (Wildman–Crippen LogP) is 4.14. The molecule has 6 heteroatoms. The Hall–Kier alpha value is -3.38. The second-order valence-corrected chi connectivity index (χ2v) is 8.46. The zero-order chi connectivity index (χ0) is 22.9. The SMILES string of the molecule is COc1ccc(CCNC(=O)c2ccnc(NC3CCN(Cc4ccccc4)CC3)c2)cc1. The van der Waals surface area contributed by atoms with Crippen molar-refractivity contribution in [1.82, 2.24) is 15.2 Å². The Labute approximate surface area is 196 Å². The summed E-state index contributed by atoms with van der Waals surface area (Å²) in [5.41, 5.74) is 3.15. The molecule has 0 radical (unpaired) electrons. The van der Waals surface area contributed by atoms with Crippen LogP contribution < -0.4 is 15.4 Å². The summed E-state index contributed by atoms with van der Waals surface area (Å²) in [6, 6.07) is 22.5. The molecule has 172 valence electrons. The van der Waals surface area contributed by atoms with Gasteiger partial charge in [0.25, 0.3) is 5.91 Å². The van der Waals surface area contributed by atoms with Gasteiger partial charge in [0.05, 0.1) is 7.11 Å². The fourth-order valence-electron chi connectivity index (χ4n) is 4.15. The number of hydrogen-bond acceptors (Lipinski definition) is 5. The molecule has 0 bridgehead atoms. The van der Waals surface area contributed by atoms with E-state index in [1.165, 1.54) is 5.56 Å². The maximum absolute atomic E-state index is 12.6. The average molecular weight is 445 g/mol. The van der Waals surface area contributed by atoms with Crippen molar-refractivity contribution in [1.29, 1.82) is 0 Å². The number of piperidine rings is 1. The van der Waals surface area contributed by atoms with E-state index in [1.54, 1.807) is 19.4 Å². The predicted molar refractivity (Wildman–Crippen MR) is 132 cm³/mol. The Balaban J connectivity index is 1.22. The van der Waals surface area contributed by atoms with Crippen molar-refractivity contribution in [3.8, 4) is 5.75 Å². The highest BCUT2D eigenvalue weighted by atomic mass is 16.5. The largest absolute Gasteiger partial charge is 0.497 e. The zero-order valence-corrected chi connectivity index (χ0v) is 19.2. The van der Waals surface area contributed by atoms with Gasteiger partial charge in [-0.25, -0.2) is 4.98 Å². The van der Waals surface area contributed by atoms with Crippen LogP contribution in [0.3, 0.4) is 0 Å². The third-order valence-electron chi connectivity index (χ3n) is 6.07. The van der Waals surface area contributed by atoms with Gasteiger partial charge in [-0.05, 0) is 54.7 Å². The molecule has 0 unspecified atom stereocenters. The number of methoxy groups -OCH3 is 1. The minimum Gasteiger partial charge on any atom is -0.497 e. The first-order valence-electron chi connectivity index (χ1n) is 11.6. The first-order chi connectivity index (χ1) is 16.2. The number of amides is 1. The summed E-state index contributed by atoms with van der Waals surface area (Å²) in [6.45, 7) is 3.68. The van der Waals surface area contributed by atoms with E-state index < -0.39 is 0 Å². The molecule has 1 aliphatic rings. The van der Waals surface area contributed by atoms with Crippen LogP contribution in [0.5, 0.6) is 5.75 Å². The number of pyridine rings is 1. The number of rotatable bonds is 9. The van der Waals surface area contributed by atoms with Crippen molar-refractivity contribution in [3.05, 3.63) is 89.6 Å². The van der Waals surface area contributed by atoms with Crippen LogP contribution in [0.1, 0.15) is 34.3 Å². The fourth-order valence-corrected chi connectivity index (χ4v) is 4.15. The summed E-state index contributed by atoms with van der Waals surface area (Å²) in [4.78, 5) is 19.5. The van der Waals surface area contributed by atoms with E-state index in [2.05, 4.69) is 50.8 Å². The van der Waals surface area contributed by atoms with Gasteiger partial charge >= 0.3 is 0 Å². The molecule has 2 heterocycles. The normalized spacial score (nSPS) is 14.6. The molecular weight excluding hydrogens is 412 g/mol. The Morgan fingerprint density at radius 1 is 1.03 bits per heavy atom. The van der Waals surface area contributed by atoms with E-state index >= 15 is 0 Å². The van der Waals surface area contributed by atoms with Gasteiger partial charge in [0.1, 0.15) is 11.6 Å². The molecule has 1 amide bonds. The topological polar surface area (TPSA) is 66.5 Å². The van der Waals surface area contributed by atoms with Gasteiger partial charge < -0.3 is 15.4 Å². The van der Waals surface area contributed by atoms with Crippen molar-refractivity contribution >= 4 is 11.7 Å². The van der Waals surface area contributed by atoms with Gasteiger partial charge in [0, 0.05) is 44.0 Å². The fraction of sp³-hybridized carbons (Fsp3) is 0.333. The summed E-state index contributed by atoms with van der Waals surface area (Å²) < 4.78 is 5.18. The lowest BCUT2D eigenvalue weighted by molar-refractivity contribution is 0.0954. The summed E-state index contributed by atoms with van der Waals surface area (Å²) >= 11 is 0. The van der Waals surface area contributed by atoms with Crippen molar-refractivity contribution in [3.63, 3.8) is 0 Å². The van der Waals surface area contributed by atoms with Gasteiger partial charge in [-0.15, -0.1) is 0 Å². The highest BCUT2D eigenvalue weighted by molar-refractivity contribution is 5.94. The summed E-state index contributed by atoms with van der Waals surface area (Å²) in [5.74, 6) is 1.52. The van der Waals surface area contributed by atoms with Crippen LogP contribution in [0.2, 0.25) is 0 Å². The standard InChI is InChI=1S/C27H32N4O2/c1-33-25-9-7-21(8-10-25)11-15-29-27(32)23-12-16-28-26(19-23)30-24-13-17-31(18-14-24)20-22-5-3-2-4-6-22/h2-10,12,16,19,24H,11,13-15,17-18,20H2,1H3,(H,28,30)(H,29,32). The van der Waals surface area contributed by atoms with Gasteiger partial charge in [-0.1, -0.05) is 42.5 Å². The number of carbonyl (C=O) groups is 1. The smallest absolute Gasteiger partial charge is 0.251 e. The van der Waals surface area contributed by atoms with Gasteiger partial charge in [-0.2, -0.15) is 0 Å². The molecule has 0 saturated carbocycles. The van der Waals surface area contributed by atoms with E-state index in [4.69, 9.17) is 4.74 Å². The Kier molecular flexibility index (Phi) is 7.93. The van der Waals surface area contributed by atoms with Gasteiger partial charge in [0.15, 0.2) is 0 Å². The molecule has 0 atom stereocenters. The first-order valence-corrected chi connectivity index (χ1v) is 11.6. The van der Waals surface area contributed by atoms with Crippen LogP contribution >= 0.6 is 0 Å². The lowest BCUT2D eigenvalue weighted by Gasteiger charge is -2.32. The molecule has 33 heavy (non-hydrogen) atoms. The maximum Gasteiger partial charge on any atom is 0.251 e. The third kappa shape index (κ3) is 6.80. The van der Waals surface area contributed by atoms with Crippen LogP contribution in [0.15, 0.2) is 72.9 Å². The van der Waals surface area contributed by atoms with Crippen LogP contribution in [0, 0.1) is 0 Å². The van der Waals surface area contributed by atoms with Crippen LogP contribution in [-0.4, -0.2) is 48.6 Å². The van der Waals surface area contributed by atoms with Crippen molar-refractivity contribution in [2.75, 3.05) is 32.1 Å². The number of likely N-dealkylation sites (tertiary alicyclic amines) is 1. The monoisotopic (exact) mass is 444 g/mol. The molecular formula is C27H32N4O2. The number of benzene rings is 2. The Morgan fingerprint density at radius 3 is 2.52 bits per heavy atom. The van der Waals surface area contributed by atoms with Crippen LogP contribution in [0.4, 0.5) is 5.82 Å². The van der Waals surface area contributed by atoms with Crippen LogP contribution in [0.25, 0.3) is 0 Å². The zero-order valence-electron chi connectivity index (χ0n) is 19.2. The van der Waals surface area contributed by atoms with E-state index in [0.29, 0.717) is 18.2 Å². The van der Waals surface area contributed by atoms with Crippen molar-refractivity contribution in [2.24, 2.45) is 0 Å². The minimum absolute atomic E-state index is 0.0772. The highest BCUT2D eigenvalue weighted by Gasteiger charge is 2.19. The van der Waals surface area contributed by atoms with E-state index in [-0.39, 0.29) is 5.91 Å². The molecule has 0 spiro atoms. The Morgan fingerprint density at radius 2 is 1.79 bits per heavy atom. The molecule has 4 rings (SSSR count). The number of anilines is 1. The summed E-state index contributed by atoms with van der Waals surface area (Å²) in [5, 5.41) is 6.53. The molecule has 1 saturated heterocycles. The Bertz CT molecular complexity index is 1020. The minimum atomic E-state index is -0.0772. The molecule has 0 aliphatic carbocycles. The van der Waals surface area contributed by atoms with E-state index in [0.717, 1.165) is 56.0 Å². The van der Waals surface area contributed by atoms with E-state index in [9.17, 15) is 4.79 Å². The van der Waals surface area contributed by atoms with Gasteiger partial charge in [-0.3, -0.25) is 9.69 Å². The number of nitrogens with zero attached hydrogens (tertiary/aromatic N) is 2. The first kappa shape index (κ1) is 22.8. The summed E-state index contributed by atoms with van der Waals surface area (Å²) in [6.07, 6.45) is 4.60. The van der Waals surface area contributed by atoms with Crippen molar-refractivity contribution in [2.45, 2.75) is 31.8 Å². The molecule has 1 aliphatic heterocycles.